The number of hydrogen-bond donors (Lipinski definition) is 0. The molecule has 6 heteroatoms. The van der Waals surface area contributed by atoms with Crippen molar-refractivity contribution in [3.05, 3.63) is 17.7 Å². The van der Waals surface area contributed by atoms with Crippen molar-refractivity contribution < 1.29 is 8.42 Å². The van der Waals surface area contributed by atoms with Gasteiger partial charge in [-0.1, -0.05) is 0 Å². The zero-order valence-corrected chi connectivity index (χ0v) is 10.7. The van der Waals surface area contributed by atoms with Gasteiger partial charge in [0.1, 0.15) is 5.82 Å². The van der Waals surface area contributed by atoms with Gasteiger partial charge in [-0.05, 0) is 13.3 Å². The molecule has 1 unspecified atom stereocenters. The lowest BCUT2D eigenvalue weighted by Crippen LogP contribution is -2.27. The van der Waals surface area contributed by atoms with E-state index in [-0.39, 0.29) is 5.92 Å². The number of aromatic nitrogens is 2. The topological polar surface area (TPSA) is 55.2 Å². The smallest absolute Gasteiger partial charge is 0.211 e. The van der Waals surface area contributed by atoms with E-state index in [4.69, 9.17) is 0 Å². The first-order chi connectivity index (χ1) is 7.38. The number of imidazole rings is 1. The molecule has 1 fully saturated rings. The van der Waals surface area contributed by atoms with Crippen LogP contribution in [0.25, 0.3) is 0 Å². The van der Waals surface area contributed by atoms with Gasteiger partial charge < -0.3 is 4.57 Å². The molecule has 1 aromatic rings. The van der Waals surface area contributed by atoms with E-state index >= 15 is 0 Å². The van der Waals surface area contributed by atoms with Crippen LogP contribution in [-0.4, -0.2) is 41.6 Å². The summed E-state index contributed by atoms with van der Waals surface area (Å²) in [6.07, 6.45) is 4.09. The van der Waals surface area contributed by atoms with E-state index in [0.29, 0.717) is 13.1 Å². The standard InChI is InChI=1S/C10H17N3O2S/c1-8-6-12(2)10(11-8)9-4-5-13(7-9)16(3,14)15/h6,9H,4-5,7H2,1-3H3. The quantitative estimate of drug-likeness (QED) is 0.759. The van der Waals surface area contributed by atoms with E-state index < -0.39 is 10.0 Å². The molecule has 1 saturated heterocycles. The third kappa shape index (κ3) is 2.12. The minimum absolute atomic E-state index is 0.230. The van der Waals surface area contributed by atoms with E-state index in [1.165, 1.54) is 10.6 Å². The Hall–Kier alpha value is -0.880. The molecule has 1 aromatic heterocycles. The average Bonchev–Trinajstić information content (AvgIpc) is 2.70. The Morgan fingerprint density at radius 2 is 2.19 bits per heavy atom. The molecule has 2 rings (SSSR count). The molecule has 0 amide bonds. The van der Waals surface area contributed by atoms with E-state index in [2.05, 4.69) is 4.98 Å². The van der Waals surface area contributed by atoms with Gasteiger partial charge in [-0.15, -0.1) is 0 Å². The van der Waals surface area contributed by atoms with Gasteiger partial charge in [0.05, 0.1) is 11.9 Å². The van der Waals surface area contributed by atoms with E-state index in [1.807, 2.05) is 24.7 Å². The highest BCUT2D eigenvalue weighted by Gasteiger charge is 2.31. The Morgan fingerprint density at radius 1 is 1.50 bits per heavy atom. The first-order valence-electron chi connectivity index (χ1n) is 5.33. The average molecular weight is 243 g/mol. The maximum Gasteiger partial charge on any atom is 0.211 e. The SMILES string of the molecule is Cc1cn(C)c(C2CCN(S(C)(=O)=O)C2)n1. The number of sulfonamides is 1. The van der Waals surface area contributed by atoms with E-state index in [0.717, 1.165) is 17.9 Å². The predicted octanol–water partition coefficient (Wildman–Crippen LogP) is 0.477. The highest BCUT2D eigenvalue weighted by atomic mass is 32.2. The summed E-state index contributed by atoms with van der Waals surface area (Å²) >= 11 is 0. The van der Waals surface area contributed by atoms with Crippen molar-refractivity contribution in [2.45, 2.75) is 19.3 Å². The lowest BCUT2D eigenvalue weighted by molar-refractivity contribution is 0.475. The molecule has 2 heterocycles. The highest BCUT2D eigenvalue weighted by molar-refractivity contribution is 7.88. The van der Waals surface area contributed by atoms with Gasteiger partial charge in [-0.25, -0.2) is 17.7 Å². The summed E-state index contributed by atoms with van der Waals surface area (Å²) in [6, 6.07) is 0. The van der Waals surface area contributed by atoms with Crippen LogP contribution in [0.15, 0.2) is 6.20 Å². The fraction of sp³-hybridized carbons (Fsp3) is 0.700. The summed E-state index contributed by atoms with van der Waals surface area (Å²) in [7, 11) is -1.10. The summed E-state index contributed by atoms with van der Waals surface area (Å²) in [5, 5.41) is 0. The Bertz CT molecular complexity index is 492. The molecule has 0 spiro atoms. The molecule has 0 bridgehead atoms. The molecule has 1 aliphatic rings. The monoisotopic (exact) mass is 243 g/mol. The third-order valence-electron chi connectivity index (χ3n) is 3.02. The van der Waals surface area contributed by atoms with Crippen molar-refractivity contribution in [1.29, 1.82) is 0 Å². The number of aryl methyl sites for hydroxylation is 2. The third-order valence-corrected chi connectivity index (χ3v) is 4.29. The van der Waals surface area contributed by atoms with Crippen LogP contribution in [0.4, 0.5) is 0 Å². The maximum atomic E-state index is 11.4. The number of hydrogen-bond acceptors (Lipinski definition) is 3. The Kier molecular flexibility index (Phi) is 2.79. The summed E-state index contributed by atoms with van der Waals surface area (Å²) in [5.41, 5.74) is 0.982. The fourth-order valence-electron chi connectivity index (χ4n) is 2.25. The molecular weight excluding hydrogens is 226 g/mol. The second-order valence-corrected chi connectivity index (χ2v) is 6.44. The Labute approximate surface area is 96.1 Å². The molecule has 90 valence electrons. The van der Waals surface area contributed by atoms with Gasteiger partial charge in [-0.2, -0.15) is 0 Å². The summed E-state index contributed by atoms with van der Waals surface area (Å²) in [6.45, 7) is 3.12. The first-order valence-corrected chi connectivity index (χ1v) is 7.18. The largest absolute Gasteiger partial charge is 0.337 e. The molecule has 16 heavy (non-hydrogen) atoms. The van der Waals surface area contributed by atoms with Crippen LogP contribution in [0.2, 0.25) is 0 Å². The molecule has 0 saturated carbocycles. The van der Waals surface area contributed by atoms with Crippen LogP contribution in [0.3, 0.4) is 0 Å². The van der Waals surface area contributed by atoms with Gasteiger partial charge in [0.15, 0.2) is 0 Å². The van der Waals surface area contributed by atoms with Crippen molar-refractivity contribution in [2.75, 3.05) is 19.3 Å². The van der Waals surface area contributed by atoms with Crippen LogP contribution >= 0.6 is 0 Å². The molecule has 1 atom stereocenters. The first kappa shape index (κ1) is 11.6. The molecule has 0 N–H and O–H groups in total. The normalized spacial score (nSPS) is 22.8. The molecule has 0 aliphatic carbocycles. The fourth-order valence-corrected chi connectivity index (χ4v) is 3.14. The lowest BCUT2D eigenvalue weighted by Gasteiger charge is -2.13. The molecular formula is C10H17N3O2S. The van der Waals surface area contributed by atoms with Crippen molar-refractivity contribution in [2.24, 2.45) is 7.05 Å². The van der Waals surface area contributed by atoms with Gasteiger partial charge in [0.2, 0.25) is 10.0 Å². The summed E-state index contributed by atoms with van der Waals surface area (Å²) in [5.74, 6) is 1.22. The minimum atomic E-state index is -3.05. The molecule has 5 nitrogen and oxygen atoms in total. The van der Waals surface area contributed by atoms with E-state index in [9.17, 15) is 8.42 Å². The van der Waals surface area contributed by atoms with Crippen molar-refractivity contribution in [3.8, 4) is 0 Å². The lowest BCUT2D eigenvalue weighted by atomic mass is 10.1. The van der Waals surface area contributed by atoms with Gasteiger partial charge in [0, 0.05) is 32.3 Å². The number of rotatable bonds is 2. The van der Waals surface area contributed by atoms with Crippen molar-refractivity contribution in [1.82, 2.24) is 13.9 Å². The number of nitrogens with zero attached hydrogens (tertiary/aromatic N) is 3. The molecule has 1 aliphatic heterocycles. The zero-order valence-electron chi connectivity index (χ0n) is 9.84. The maximum absolute atomic E-state index is 11.4. The van der Waals surface area contributed by atoms with Crippen molar-refractivity contribution >= 4 is 10.0 Å². The van der Waals surface area contributed by atoms with Crippen LogP contribution in [0.5, 0.6) is 0 Å². The Balaban J connectivity index is 2.18. The van der Waals surface area contributed by atoms with Gasteiger partial charge in [0.25, 0.3) is 0 Å². The van der Waals surface area contributed by atoms with E-state index in [1.54, 1.807) is 0 Å². The van der Waals surface area contributed by atoms with Gasteiger partial charge in [-0.3, -0.25) is 0 Å². The molecule has 0 radical (unpaired) electrons. The summed E-state index contributed by atoms with van der Waals surface area (Å²) < 4.78 is 26.3. The summed E-state index contributed by atoms with van der Waals surface area (Å²) in [4.78, 5) is 4.45. The molecule has 0 aromatic carbocycles. The van der Waals surface area contributed by atoms with Crippen LogP contribution in [-0.2, 0) is 17.1 Å². The second-order valence-electron chi connectivity index (χ2n) is 4.46. The minimum Gasteiger partial charge on any atom is -0.337 e. The predicted molar refractivity (Wildman–Crippen MR) is 61.7 cm³/mol. The second kappa shape index (κ2) is 3.85. The van der Waals surface area contributed by atoms with Crippen LogP contribution < -0.4 is 0 Å². The Morgan fingerprint density at radius 3 is 2.62 bits per heavy atom. The van der Waals surface area contributed by atoms with Crippen molar-refractivity contribution in [3.63, 3.8) is 0 Å². The van der Waals surface area contributed by atoms with Crippen LogP contribution in [0.1, 0.15) is 23.9 Å². The van der Waals surface area contributed by atoms with Gasteiger partial charge >= 0.3 is 0 Å². The van der Waals surface area contributed by atoms with Crippen LogP contribution in [0, 0.1) is 6.92 Å². The zero-order chi connectivity index (χ0) is 11.9. The highest BCUT2D eigenvalue weighted by Crippen LogP contribution is 2.27.